The van der Waals surface area contributed by atoms with Crippen molar-refractivity contribution in [1.82, 2.24) is 15.2 Å². The summed E-state index contributed by atoms with van der Waals surface area (Å²) in [6.45, 7) is 0.379. The van der Waals surface area contributed by atoms with Crippen molar-refractivity contribution in [2.45, 2.75) is 6.54 Å². The van der Waals surface area contributed by atoms with Crippen molar-refractivity contribution in [3.8, 4) is 0 Å². The lowest BCUT2D eigenvalue weighted by molar-refractivity contribution is 0.0953. The van der Waals surface area contributed by atoms with Gasteiger partial charge in [-0.1, -0.05) is 18.2 Å². The molecule has 6 nitrogen and oxygen atoms in total. The van der Waals surface area contributed by atoms with E-state index in [-0.39, 0.29) is 5.91 Å². The van der Waals surface area contributed by atoms with Crippen molar-refractivity contribution < 1.29 is 9.21 Å². The summed E-state index contributed by atoms with van der Waals surface area (Å²) in [7, 11) is 0. The first-order valence-corrected chi connectivity index (χ1v) is 5.78. The Bertz CT molecular complexity index is 715. The number of hydrogen-bond acceptors (Lipinski definition) is 4. The van der Waals surface area contributed by atoms with E-state index < -0.39 is 0 Å². The average Bonchev–Trinajstić information content (AvgIpc) is 3.05. The fraction of sp³-hybridized carbons (Fsp3) is 0.0769. The SMILES string of the molecule is NNC(=O)c1c(Cn2cccn2)oc2ccccc12. The van der Waals surface area contributed by atoms with Crippen molar-refractivity contribution in [1.29, 1.82) is 0 Å². The monoisotopic (exact) mass is 256 g/mol. The lowest BCUT2D eigenvalue weighted by Crippen LogP contribution is -2.30. The second-order valence-corrected chi connectivity index (χ2v) is 4.07. The highest BCUT2D eigenvalue weighted by atomic mass is 16.3. The molecule has 2 heterocycles. The van der Waals surface area contributed by atoms with Crippen molar-refractivity contribution in [3.63, 3.8) is 0 Å². The number of fused-ring (bicyclic) bond motifs is 1. The molecule has 1 amide bonds. The summed E-state index contributed by atoms with van der Waals surface area (Å²) >= 11 is 0. The Morgan fingerprint density at radius 1 is 1.37 bits per heavy atom. The molecule has 0 atom stereocenters. The smallest absolute Gasteiger partial charge is 0.269 e. The van der Waals surface area contributed by atoms with Gasteiger partial charge in [0.05, 0.1) is 12.1 Å². The van der Waals surface area contributed by atoms with Gasteiger partial charge in [0.15, 0.2) is 0 Å². The van der Waals surface area contributed by atoms with Gasteiger partial charge >= 0.3 is 0 Å². The Morgan fingerprint density at radius 2 is 2.21 bits per heavy atom. The first kappa shape index (κ1) is 11.5. The second-order valence-electron chi connectivity index (χ2n) is 4.07. The molecule has 1 aromatic carbocycles. The molecule has 0 bridgehead atoms. The highest BCUT2D eigenvalue weighted by molar-refractivity contribution is 6.07. The quantitative estimate of drug-likeness (QED) is 0.420. The van der Waals surface area contributed by atoms with E-state index in [0.29, 0.717) is 23.5 Å². The number of furan rings is 1. The van der Waals surface area contributed by atoms with E-state index in [4.69, 9.17) is 10.3 Å². The number of carbonyl (C=O) groups excluding carboxylic acids is 1. The third-order valence-electron chi connectivity index (χ3n) is 2.89. The number of para-hydroxylation sites is 1. The van der Waals surface area contributed by atoms with Crippen LogP contribution in [0.25, 0.3) is 11.0 Å². The summed E-state index contributed by atoms with van der Waals surface area (Å²) in [5, 5.41) is 4.84. The number of nitrogens with one attached hydrogen (secondary N) is 1. The predicted octanol–water partition coefficient (Wildman–Crippen LogP) is 1.28. The molecule has 19 heavy (non-hydrogen) atoms. The Kier molecular flexibility index (Phi) is 2.77. The molecule has 96 valence electrons. The van der Waals surface area contributed by atoms with Crippen LogP contribution in [0.2, 0.25) is 0 Å². The van der Waals surface area contributed by atoms with E-state index >= 15 is 0 Å². The molecular formula is C13H12N4O2. The van der Waals surface area contributed by atoms with Crippen LogP contribution in [0.15, 0.2) is 47.1 Å². The van der Waals surface area contributed by atoms with Crippen LogP contribution in [0.5, 0.6) is 0 Å². The Balaban J connectivity index is 2.14. The number of rotatable bonds is 3. The summed E-state index contributed by atoms with van der Waals surface area (Å²) in [5.41, 5.74) is 3.26. The summed E-state index contributed by atoms with van der Waals surface area (Å²) in [5.74, 6) is 5.40. The molecule has 0 radical (unpaired) electrons. The number of benzene rings is 1. The molecule has 0 fully saturated rings. The summed E-state index contributed by atoms with van der Waals surface area (Å²) < 4.78 is 7.40. The average molecular weight is 256 g/mol. The third-order valence-corrected chi connectivity index (χ3v) is 2.89. The molecule has 6 heteroatoms. The lowest BCUT2D eigenvalue weighted by atomic mass is 10.1. The van der Waals surface area contributed by atoms with Gasteiger partial charge in [0.1, 0.15) is 11.3 Å². The number of nitrogens with zero attached hydrogens (tertiary/aromatic N) is 2. The highest BCUT2D eigenvalue weighted by Gasteiger charge is 2.20. The van der Waals surface area contributed by atoms with E-state index in [2.05, 4.69) is 10.5 Å². The predicted molar refractivity (Wildman–Crippen MR) is 69.2 cm³/mol. The number of amides is 1. The highest BCUT2D eigenvalue weighted by Crippen LogP contribution is 2.26. The number of aromatic nitrogens is 2. The molecule has 3 aromatic rings. The Morgan fingerprint density at radius 3 is 2.95 bits per heavy atom. The summed E-state index contributed by atoms with van der Waals surface area (Å²) in [6, 6.07) is 9.16. The van der Waals surface area contributed by atoms with E-state index in [9.17, 15) is 4.79 Å². The molecule has 0 aliphatic heterocycles. The minimum Gasteiger partial charge on any atom is -0.458 e. The zero-order valence-electron chi connectivity index (χ0n) is 10.0. The Hall–Kier alpha value is -2.60. The molecule has 0 spiro atoms. The van der Waals surface area contributed by atoms with Gasteiger partial charge in [0, 0.05) is 17.8 Å². The van der Waals surface area contributed by atoms with Crippen LogP contribution in [-0.2, 0) is 6.54 Å². The van der Waals surface area contributed by atoms with Gasteiger partial charge in [-0.2, -0.15) is 5.10 Å². The number of carbonyl (C=O) groups is 1. The summed E-state index contributed by atoms with van der Waals surface area (Å²) in [4.78, 5) is 11.9. The van der Waals surface area contributed by atoms with Crippen LogP contribution in [0, 0.1) is 0 Å². The van der Waals surface area contributed by atoms with Gasteiger partial charge in [-0.3, -0.25) is 14.9 Å². The molecule has 0 saturated carbocycles. The van der Waals surface area contributed by atoms with Gasteiger partial charge in [0.2, 0.25) is 0 Å². The lowest BCUT2D eigenvalue weighted by Gasteiger charge is -2.02. The number of hydrogen-bond donors (Lipinski definition) is 2. The molecule has 2 aromatic heterocycles. The van der Waals surface area contributed by atoms with Crippen molar-refractivity contribution in [2.75, 3.05) is 0 Å². The zero-order valence-corrected chi connectivity index (χ0v) is 10.0. The Labute approximate surface area is 108 Å². The van der Waals surface area contributed by atoms with Gasteiger partial charge in [-0.15, -0.1) is 0 Å². The largest absolute Gasteiger partial charge is 0.458 e. The minimum atomic E-state index is -0.368. The molecule has 3 rings (SSSR count). The topological polar surface area (TPSA) is 86.1 Å². The second kappa shape index (κ2) is 4.58. The first-order chi connectivity index (χ1) is 9.29. The fourth-order valence-corrected chi connectivity index (χ4v) is 2.07. The third kappa shape index (κ3) is 1.98. The van der Waals surface area contributed by atoms with Crippen molar-refractivity contribution >= 4 is 16.9 Å². The fourth-order valence-electron chi connectivity index (χ4n) is 2.07. The molecule has 0 aliphatic carbocycles. The zero-order chi connectivity index (χ0) is 13.2. The van der Waals surface area contributed by atoms with E-state index in [1.165, 1.54) is 0 Å². The molecule has 0 unspecified atom stereocenters. The van der Waals surface area contributed by atoms with Gasteiger partial charge in [0.25, 0.3) is 5.91 Å². The van der Waals surface area contributed by atoms with E-state index in [1.807, 2.05) is 30.3 Å². The maximum absolute atomic E-state index is 11.9. The van der Waals surface area contributed by atoms with Crippen molar-refractivity contribution in [2.24, 2.45) is 5.84 Å². The molecule has 0 aliphatic rings. The minimum absolute atomic E-state index is 0.368. The van der Waals surface area contributed by atoms with Crippen LogP contribution in [-0.4, -0.2) is 15.7 Å². The first-order valence-electron chi connectivity index (χ1n) is 5.78. The number of hydrazine groups is 1. The molecular weight excluding hydrogens is 244 g/mol. The van der Waals surface area contributed by atoms with Crippen LogP contribution in [0.3, 0.4) is 0 Å². The van der Waals surface area contributed by atoms with Crippen LogP contribution >= 0.6 is 0 Å². The van der Waals surface area contributed by atoms with Gasteiger partial charge in [-0.25, -0.2) is 5.84 Å². The van der Waals surface area contributed by atoms with Crippen LogP contribution in [0.1, 0.15) is 16.1 Å². The molecule has 3 N–H and O–H groups in total. The molecule has 0 saturated heterocycles. The normalized spacial score (nSPS) is 10.8. The number of nitrogens with two attached hydrogens (primary N) is 1. The standard InChI is InChI=1S/C13H12N4O2/c14-16-13(18)12-9-4-1-2-5-10(9)19-11(12)8-17-7-3-6-15-17/h1-7H,8,14H2,(H,16,18). The van der Waals surface area contributed by atoms with Gasteiger partial charge < -0.3 is 4.42 Å². The maximum atomic E-state index is 11.9. The van der Waals surface area contributed by atoms with Gasteiger partial charge in [-0.05, 0) is 12.1 Å². The van der Waals surface area contributed by atoms with Crippen LogP contribution < -0.4 is 11.3 Å². The number of nitrogen functional groups attached to an aromatic ring is 1. The van der Waals surface area contributed by atoms with E-state index in [1.54, 1.807) is 17.1 Å². The van der Waals surface area contributed by atoms with Crippen LogP contribution in [0.4, 0.5) is 0 Å². The maximum Gasteiger partial charge on any atom is 0.269 e. The van der Waals surface area contributed by atoms with E-state index in [0.717, 1.165) is 5.39 Å². The summed E-state index contributed by atoms with van der Waals surface area (Å²) in [6.07, 6.45) is 3.47. The van der Waals surface area contributed by atoms with Crippen molar-refractivity contribution in [3.05, 3.63) is 54.0 Å².